The van der Waals surface area contributed by atoms with Crippen LogP contribution in [0.4, 0.5) is 0 Å². The van der Waals surface area contributed by atoms with Gasteiger partial charge in [-0.2, -0.15) is 12.2 Å². The minimum atomic E-state index is -1.01. The Morgan fingerprint density at radius 2 is 0.930 bits per heavy atom. The number of aromatic hydroxyl groups is 2. The molecule has 0 heterocycles. The van der Waals surface area contributed by atoms with E-state index in [2.05, 4.69) is 75.7 Å². The second-order valence-electron chi connectivity index (χ2n) is 14.3. The number of benzene rings is 2. The Hall–Kier alpha value is -2.08. The fraction of sp³-hybridized carbons (Fsp3) is 0.444. The Morgan fingerprint density at radius 1 is 0.605 bits per heavy atom. The van der Waals surface area contributed by atoms with E-state index in [-0.39, 0.29) is 48.9 Å². The molecule has 0 bridgehead atoms. The summed E-state index contributed by atoms with van der Waals surface area (Å²) in [5.74, 6) is 1.86. The van der Waals surface area contributed by atoms with Crippen LogP contribution in [0.15, 0.2) is 83.2 Å². The Kier molecular flexibility index (Phi) is 17.1. The molecule has 0 saturated heterocycles. The molecule has 234 valence electrons. The molecule has 0 aliphatic heterocycles. The average Bonchev–Trinajstić information content (AvgIpc) is 3.53. The van der Waals surface area contributed by atoms with Crippen LogP contribution in [-0.2, 0) is 26.2 Å². The molecular formula is C36H54O4Si2Zr. The van der Waals surface area contributed by atoms with Crippen LogP contribution >= 0.6 is 0 Å². The van der Waals surface area contributed by atoms with Crippen molar-refractivity contribution in [3.8, 4) is 23.0 Å². The van der Waals surface area contributed by atoms with Crippen molar-refractivity contribution in [2.24, 2.45) is 0 Å². The second-order valence-corrected chi connectivity index (χ2v) is 24.4. The van der Waals surface area contributed by atoms with Gasteiger partial charge in [0.05, 0.1) is 0 Å². The number of rotatable bonds is 4. The van der Waals surface area contributed by atoms with Crippen molar-refractivity contribution in [3.05, 3.63) is 95.4 Å². The van der Waals surface area contributed by atoms with Gasteiger partial charge in [-0.05, 0) is 65.8 Å². The van der Waals surface area contributed by atoms with Gasteiger partial charge in [0.1, 0.15) is 34.2 Å². The van der Waals surface area contributed by atoms with Gasteiger partial charge in [0.15, 0.2) is 0 Å². The van der Waals surface area contributed by atoms with Gasteiger partial charge >= 0.3 is 26.2 Å². The van der Waals surface area contributed by atoms with Crippen LogP contribution in [0, 0.1) is 12.2 Å². The van der Waals surface area contributed by atoms with E-state index in [1.165, 1.54) is 10.4 Å². The molecule has 2 aliphatic rings. The molecule has 0 aromatic heterocycles. The molecule has 7 heteroatoms. The van der Waals surface area contributed by atoms with E-state index in [9.17, 15) is 0 Å². The van der Waals surface area contributed by atoms with E-state index in [4.69, 9.17) is 19.7 Å². The summed E-state index contributed by atoms with van der Waals surface area (Å²) >= 11 is 0. The minimum absolute atomic E-state index is 0. The van der Waals surface area contributed by atoms with Crippen LogP contribution in [0.25, 0.3) is 0 Å². The minimum Gasteiger partial charge on any atom is -0.508 e. The van der Waals surface area contributed by atoms with Crippen LogP contribution in [0.3, 0.4) is 0 Å². The zero-order valence-corrected chi connectivity index (χ0v) is 33.0. The molecule has 2 aliphatic carbocycles. The Balaban J connectivity index is 0.000000548. The van der Waals surface area contributed by atoms with Gasteiger partial charge in [0.25, 0.3) is 0 Å². The van der Waals surface area contributed by atoms with Crippen molar-refractivity contribution < 1.29 is 45.9 Å². The zero-order valence-electron chi connectivity index (χ0n) is 28.6. The van der Waals surface area contributed by atoms with Gasteiger partial charge in [-0.15, -0.1) is 12.8 Å². The Labute approximate surface area is 283 Å². The largest absolute Gasteiger partial charge is 2.00 e. The number of hydrogen-bond donors (Lipinski definition) is 2. The van der Waals surface area contributed by atoms with Crippen molar-refractivity contribution in [2.45, 2.75) is 105 Å². The van der Waals surface area contributed by atoms with Gasteiger partial charge in [-0.1, -0.05) is 51.4 Å². The van der Waals surface area contributed by atoms with Gasteiger partial charge in [0, 0.05) is 28.3 Å². The fourth-order valence-corrected chi connectivity index (χ4v) is 6.14. The molecule has 2 aromatic rings. The van der Waals surface area contributed by atoms with E-state index in [0.717, 1.165) is 12.8 Å². The smallest absolute Gasteiger partial charge is 0.508 e. The van der Waals surface area contributed by atoms with Crippen molar-refractivity contribution in [2.75, 3.05) is 0 Å². The molecule has 4 nitrogen and oxygen atoms in total. The third kappa shape index (κ3) is 19.7. The predicted octanol–water partition coefficient (Wildman–Crippen LogP) is 10.2. The summed E-state index contributed by atoms with van der Waals surface area (Å²) < 4.78 is 11.0. The molecule has 0 saturated carbocycles. The van der Waals surface area contributed by atoms with E-state index >= 15 is 0 Å². The van der Waals surface area contributed by atoms with Gasteiger partial charge < -0.3 is 19.7 Å². The second kappa shape index (κ2) is 18.0. The molecule has 0 amide bonds. The Morgan fingerprint density at radius 3 is 1.12 bits per heavy atom. The predicted molar refractivity (Wildman–Crippen MR) is 185 cm³/mol. The third-order valence-electron chi connectivity index (χ3n) is 5.49. The fourth-order valence-electron chi connectivity index (χ4n) is 3.64. The number of allylic oxidation sites excluding steroid dienone is 8. The Bertz CT molecular complexity index is 1140. The van der Waals surface area contributed by atoms with E-state index < -0.39 is 16.1 Å². The van der Waals surface area contributed by atoms with Crippen LogP contribution < -0.4 is 9.47 Å². The molecule has 0 spiro atoms. The monoisotopic (exact) mass is 696 g/mol. The number of hydrogen-bond acceptors (Lipinski definition) is 4. The van der Waals surface area contributed by atoms with Crippen molar-refractivity contribution in [1.82, 2.24) is 0 Å². The number of phenolic OH excluding ortho intramolecular Hbond substituents is 2. The first-order chi connectivity index (χ1) is 19.2. The normalized spacial score (nSPS) is 14.0. The maximum Gasteiger partial charge on any atom is 2.00 e. The standard InChI is InChI=1S/2C10H14O2.2C8H13Si.Zr/c2*1-10(2,3)12-9-6-4-5-8(11)7-9;2*1-9(2,3)8-6-4-5-7-8;/h2*4-7,11H,1-3H3;2*4,6H,5H2,1-3H3;/q;;2*-1;+2. The first kappa shape index (κ1) is 40.9. The quantitative estimate of drug-likeness (QED) is 0.247. The van der Waals surface area contributed by atoms with Gasteiger partial charge in [-0.3, -0.25) is 12.2 Å². The van der Waals surface area contributed by atoms with Crippen LogP contribution in [0.2, 0.25) is 39.3 Å². The molecule has 0 radical (unpaired) electrons. The van der Waals surface area contributed by atoms with Gasteiger partial charge in [-0.25, -0.2) is 22.5 Å². The maximum atomic E-state index is 9.13. The summed E-state index contributed by atoms with van der Waals surface area (Å²) in [5.41, 5.74) is -0.429. The summed E-state index contributed by atoms with van der Waals surface area (Å²) in [5, 5.41) is 21.2. The molecule has 2 N–H and O–H groups in total. The first-order valence-corrected chi connectivity index (χ1v) is 21.7. The summed E-state index contributed by atoms with van der Waals surface area (Å²) in [6.45, 7) is 25.9. The summed E-state index contributed by atoms with van der Waals surface area (Å²) in [7, 11) is -2.01. The number of ether oxygens (including phenoxy) is 2. The van der Waals surface area contributed by atoms with Crippen molar-refractivity contribution >= 4 is 16.1 Å². The van der Waals surface area contributed by atoms with E-state index in [1.807, 2.05) is 53.7 Å². The molecule has 4 rings (SSSR count). The van der Waals surface area contributed by atoms with Crippen LogP contribution in [-0.4, -0.2) is 37.6 Å². The molecule has 43 heavy (non-hydrogen) atoms. The maximum absolute atomic E-state index is 9.13. The number of phenols is 2. The first-order valence-electron chi connectivity index (χ1n) is 14.7. The van der Waals surface area contributed by atoms with Crippen molar-refractivity contribution in [3.63, 3.8) is 0 Å². The van der Waals surface area contributed by atoms with Crippen molar-refractivity contribution in [1.29, 1.82) is 0 Å². The molecule has 0 unspecified atom stereocenters. The van der Waals surface area contributed by atoms with Crippen LogP contribution in [0.1, 0.15) is 54.4 Å². The van der Waals surface area contributed by atoms with E-state index in [0.29, 0.717) is 11.5 Å². The zero-order chi connectivity index (χ0) is 32.2. The molecule has 2 aromatic carbocycles. The third-order valence-corrected chi connectivity index (χ3v) is 9.41. The SMILES string of the molecule is CC(C)(C)Oc1cccc(O)c1.CC(C)(C)Oc1cccc(O)c1.C[Si](C)(C)C1=[C-]CC=C1.C[Si](C)(C)C1=[C-]CC=C1.[Zr+2]. The molecular weight excluding hydrogens is 644 g/mol. The van der Waals surface area contributed by atoms with Crippen LogP contribution in [0.5, 0.6) is 23.0 Å². The summed E-state index contributed by atoms with van der Waals surface area (Å²) in [4.78, 5) is 0. The van der Waals surface area contributed by atoms with E-state index in [1.54, 1.807) is 36.4 Å². The summed E-state index contributed by atoms with van der Waals surface area (Å²) in [6, 6.07) is 13.6. The molecule has 0 fully saturated rings. The summed E-state index contributed by atoms with van der Waals surface area (Å²) in [6.07, 6.45) is 17.6. The topological polar surface area (TPSA) is 58.9 Å². The molecule has 0 atom stereocenters. The average molecular weight is 698 g/mol. The van der Waals surface area contributed by atoms with Gasteiger partial charge in [0.2, 0.25) is 0 Å².